The highest BCUT2D eigenvalue weighted by atomic mass is 32.2. The second-order valence-corrected chi connectivity index (χ2v) is 7.91. The maximum Gasteiger partial charge on any atom is 0.233 e. The molecule has 0 N–H and O–H groups in total. The Balaban J connectivity index is 1.33. The van der Waals surface area contributed by atoms with Gasteiger partial charge in [-0.25, -0.2) is 0 Å². The number of carbonyl (C=O) groups excluding carboxylic acids is 2. The molecule has 2 aliphatic rings. The van der Waals surface area contributed by atoms with Crippen molar-refractivity contribution in [3.8, 4) is 5.69 Å². The highest BCUT2D eigenvalue weighted by Crippen LogP contribution is 2.31. The molecular weight excluding hydrogens is 362 g/mol. The smallest absolute Gasteiger partial charge is 0.233 e. The maximum atomic E-state index is 12.6. The number of nitrogens with zero attached hydrogens (tertiary/aromatic N) is 5. The van der Waals surface area contributed by atoms with E-state index in [2.05, 4.69) is 10.2 Å². The molecule has 4 rings (SSSR count). The Bertz CT molecular complexity index is 826. The van der Waals surface area contributed by atoms with Crippen LogP contribution in [0.15, 0.2) is 35.5 Å². The van der Waals surface area contributed by atoms with Gasteiger partial charge in [0, 0.05) is 37.8 Å². The molecule has 1 aromatic heterocycles. The lowest BCUT2D eigenvalue weighted by atomic mass is 10.2. The van der Waals surface area contributed by atoms with Gasteiger partial charge in [-0.05, 0) is 31.9 Å². The number of thioether (sulfide) groups is 1. The monoisotopic (exact) mass is 385 g/mol. The van der Waals surface area contributed by atoms with Crippen LogP contribution < -0.4 is 0 Å². The van der Waals surface area contributed by atoms with Gasteiger partial charge in [0.2, 0.25) is 11.8 Å². The Morgan fingerprint density at radius 2 is 1.70 bits per heavy atom. The van der Waals surface area contributed by atoms with E-state index in [1.54, 1.807) is 0 Å². The number of rotatable bonds is 5. The van der Waals surface area contributed by atoms with Gasteiger partial charge in [-0.3, -0.25) is 14.2 Å². The molecule has 8 heteroatoms. The van der Waals surface area contributed by atoms with Gasteiger partial charge in [0.1, 0.15) is 5.82 Å². The van der Waals surface area contributed by atoms with Crippen molar-refractivity contribution in [2.75, 3.05) is 31.9 Å². The lowest BCUT2D eigenvalue weighted by molar-refractivity contribution is -0.139. The van der Waals surface area contributed by atoms with Crippen molar-refractivity contribution in [1.29, 1.82) is 0 Å². The van der Waals surface area contributed by atoms with E-state index in [9.17, 15) is 9.59 Å². The van der Waals surface area contributed by atoms with E-state index in [4.69, 9.17) is 0 Å². The Morgan fingerprint density at radius 1 is 1.04 bits per heavy atom. The average molecular weight is 385 g/mol. The zero-order chi connectivity index (χ0) is 18.8. The van der Waals surface area contributed by atoms with Gasteiger partial charge in [0.25, 0.3) is 0 Å². The minimum Gasteiger partial charge on any atom is -0.339 e. The molecule has 2 heterocycles. The van der Waals surface area contributed by atoms with Crippen molar-refractivity contribution < 1.29 is 9.59 Å². The van der Waals surface area contributed by atoms with Crippen LogP contribution in [0.1, 0.15) is 18.7 Å². The molecule has 2 aromatic rings. The molecule has 1 saturated heterocycles. The molecule has 1 saturated carbocycles. The molecule has 0 spiro atoms. The first kappa shape index (κ1) is 18.0. The third-order valence-corrected chi connectivity index (χ3v) is 5.92. The largest absolute Gasteiger partial charge is 0.339 e. The van der Waals surface area contributed by atoms with E-state index in [-0.39, 0.29) is 17.7 Å². The molecule has 7 nitrogen and oxygen atoms in total. The molecule has 2 amide bonds. The van der Waals surface area contributed by atoms with E-state index in [0.717, 1.165) is 29.5 Å². The minimum absolute atomic E-state index is 0.0822. The second kappa shape index (κ2) is 7.72. The topological polar surface area (TPSA) is 71.3 Å². The predicted molar refractivity (Wildman–Crippen MR) is 103 cm³/mol. The molecule has 142 valence electrons. The molecule has 0 radical (unpaired) electrons. The van der Waals surface area contributed by atoms with Crippen molar-refractivity contribution in [2.45, 2.75) is 24.9 Å². The third-order valence-electron chi connectivity index (χ3n) is 5.00. The first-order valence-corrected chi connectivity index (χ1v) is 10.3. The molecule has 0 atom stereocenters. The number of carbonyl (C=O) groups is 2. The van der Waals surface area contributed by atoms with Crippen molar-refractivity contribution >= 4 is 23.6 Å². The highest BCUT2D eigenvalue weighted by molar-refractivity contribution is 7.99. The molecule has 27 heavy (non-hydrogen) atoms. The summed E-state index contributed by atoms with van der Waals surface area (Å²) in [7, 11) is 0. The van der Waals surface area contributed by atoms with Crippen LogP contribution in [0.25, 0.3) is 5.69 Å². The highest BCUT2D eigenvalue weighted by Gasteiger charge is 2.35. The van der Waals surface area contributed by atoms with Crippen molar-refractivity contribution in [3.63, 3.8) is 0 Å². The molecule has 1 aliphatic heterocycles. The summed E-state index contributed by atoms with van der Waals surface area (Å²) in [5.41, 5.74) is 0.988. The number of aromatic nitrogens is 3. The van der Waals surface area contributed by atoms with Crippen LogP contribution in [0.3, 0.4) is 0 Å². The van der Waals surface area contributed by atoms with E-state index < -0.39 is 0 Å². The number of para-hydroxylation sites is 1. The van der Waals surface area contributed by atoms with E-state index in [1.165, 1.54) is 11.8 Å². The zero-order valence-corrected chi connectivity index (χ0v) is 16.2. The van der Waals surface area contributed by atoms with Crippen LogP contribution in [0.4, 0.5) is 0 Å². The SMILES string of the molecule is Cc1nnc(SCC(=O)N2CCN(C(=O)C3CC3)CC2)n1-c1ccccc1. The zero-order valence-electron chi connectivity index (χ0n) is 15.4. The first-order valence-electron chi connectivity index (χ1n) is 9.30. The lowest BCUT2D eigenvalue weighted by Gasteiger charge is -2.34. The van der Waals surface area contributed by atoms with Gasteiger partial charge in [0.05, 0.1) is 5.75 Å². The number of benzene rings is 1. The van der Waals surface area contributed by atoms with Crippen molar-refractivity contribution in [3.05, 3.63) is 36.2 Å². The van der Waals surface area contributed by atoms with Crippen LogP contribution in [0, 0.1) is 12.8 Å². The van der Waals surface area contributed by atoms with E-state index >= 15 is 0 Å². The fraction of sp³-hybridized carbons (Fsp3) is 0.474. The summed E-state index contributed by atoms with van der Waals surface area (Å²) < 4.78 is 1.96. The Labute approximate surface area is 162 Å². The fourth-order valence-electron chi connectivity index (χ4n) is 3.29. The average Bonchev–Trinajstić information content (AvgIpc) is 3.49. The Hall–Kier alpha value is -2.35. The predicted octanol–water partition coefficient (Wildman–Crippen LogP) is 1.75. The lowest BCUT2D eigenvalue weighted by Crippen LogP contribution is -2.51. The van der Waals surface area contributed by atoms with Crippen LogP contribution in [-0.4, -0.2) is 68.3 Å². The number of amides is 2. The fourth-order valence-corrected chi connectivity index (χ4v) is 4.19. The van der Waals surface area contributed by atoms with Crippen LogP contribution >= 0.6 is 11.8 Å². The number of hydrogen-bond acceptors (Lipinski definition) is 5. The summed E-state index contributed by atoms with van der Waals surface area (Å²) >= 11 is 1.40. The van der Waals surface area contributed by atoms with E-state index in [0.29, 0.717) is 31.9 Å². The third kappa shape index (κ3) is 4.00. The van der Waals surface area contributed by atoms with Crippen molar-refractivity contribution in [1.82, 2.24) is 24.6 Å². The van der Waals surface area contributed by atoms with Gasteiger partial charge >= 0.3 is 0 Å². The van der Waals surface area contributed by atoms with Gasteiger partial charge < -0.3 is 9.80 Å². The summed E-state index contributed by atoms with van der Waals surface area (Å²) in [5.74, 6) is 1.71. The Morgan fingerprint density at radius 3 is 2.37 bits per heavy atom. The van der Waals surface area contributed by atoms with Crippen LogP contribution in [0.5, 0.6) is 0 Å². The number of aryl methyl sites for hydroxylation is 1. The van der Waals surface area contributed by atoms with Crippen LogP contribution in [0.2, 0.25) is 0 Å². The van der Waals surface area contributed by atoms with Crippen LogP contribution in [-0.2, 0) is 9.59 Å². The summed E-state index contributed by atoms with van der Waals surface area (Å²) in [4.78, 5) is 28.5. The van der Waals surface area contributed by atoms with Gasteiger partial charge in [0.15, 0.2) is 5.16 Å². The standard InChI is InChI=1S/C19H23N5O2S/c1-14-20-21-19(24(14)16-5-3-2-4-6-16)27-13-17(25)22-9-11-23(12-10-22)18(26)15-7-8-15/h2-6,15H,7-13H2,1H3. The number of hydrogen-bond donors (Lipinski definition) is 0. The van der Waals surface area contributed by atoms with Gasteiger partial charge in [-0.2, -0.15) is 0 Å². The van der Waals surface area contributed by atoms with E-state index in [1.807, 2.05) is 51.6 Å². The van der Waals surface area contributed by atoms with Gasteiger partial charge in [-0.15, -0.1) is 10.2 Å². The Kier molecular flexibility index (Phi) is 5.15. The summed E-state index contributed by atoms with van der Waals surface area (Å²) in [6, 6.07) is 9.90. The summed E-state index contributed by atoms with van der Waals surface area (Å²) in [5, 5.41) is 9.10. The van der Waals surface area contributed by atoms with Crippen molar-refractivity contribution in [2.24, 2.45) is 5.92 Å². The summed E-state index contributed by atoms with van der Waals surface area (Å²) in [6.07, 6.45) is 2.05. The molecular formula is C19H23N5O2S. The maximum absolute atomic E-state index is 12.6. The molecule has 2 fully saturated rings. The van der Waals surface area contributed by atoms with Gasteiger partial charge in [-0.1, -0.05) is 30.0 Å². The molecule has 1 aromatic carbocycles. The molecule has 1 aliphatic carbocycles. The quantitative estimate of drug-likeness (QED) is 0.734. The number of piperazine rings is 1. The molecule has 0 bridgehead atoms. The molecule has 0 unspecified atom stereocenters. The summed E-state index contributed by atoms with van der Waals surface area (Å²) in [6.45, 7) is 4.42. The first-order chi connectivity index (χ1) is 13.1. The normalized spacial score (nSPS) is 17.2. The minimum atomic E-state index is 0.0822. The second-order valence-electron chi connectivity index (χ2n) is 6.97.